The van der Waals surface area contributed by atoms with Gasteiger partial charge in [0.15, 0.2) is 0 Å². The topological polar surface area (TPSA) is 96.0 Å². The number of benzene rings is 2. The van der Waals surface area contributed by atoms with Crippen LogP contribution in [0.1, 0.15) is 18.1 Å². The van der Waals surface area contributed by atoms with Gasteiger partial charge in [-0.25, -0.2) is 8.42 Å². The van der Waals surface area contributed by atoms with Crippen molar-refractivity contribution in [3.63, 3.8) is 0 Å². The molecule has 2 aliphatic heterocycles. The van der Waals surface area contributed by atoms with Crippen LogP contribution in [0.4, 0.5) is 11.4 Å². The fraction of sp³-hybridized carbons (Fsp3) is 0.417. The molecule has 2 aromatic rings. The van der Waals surface area contributed by atoms with E-state index in [0.29, 0.717) is 30.3 Å². The molecular formula is C24H29N3O5S2. The number of carbonyl (C=O) groups is 2. The average molecular weight is 504 g/mol. The van der Waals surface area contributed by atoms with E-state index in [9.17, 15) is 18.0 Å². The van der Waals surface area contributed by atoms with Crippen LogP contribution in [-0.2, 0) is 24.3 Å². The van der Waals surface area contributed by atoms with Gasteiger partial charge in [0.05, 0.1) is 23.8 Å². The van der Waals surface area contributed by atoms with E-state index in [4.69, 9.17) is 4.74 Å². The predicted octanol–water partition coefficient (Wildman–Crippen LogP) is 3.04. The maximum absolute atomic E-state index is 13.2. The summed E-state index contributed by atoms with van der Waals surface area (Å²) in [5.74, 6) is -0.307. The zero-order chi connectivity index (χ0) is 24.5. The van der Waals surface area contributed by atoms with Crippen molar-refractivity contribution in [1.29, 1.82) is 0 Å². The van der Waals surface area contributed by atoms with Gasteiger partial charge in [-0.2, -0.15) is 4.31 Å². The fourth-order valence-corrected chi connectivity index (χ4v) is 6.46. The summed E-state index contributed by atoms with van der Waals surface area (Å²) in [4.78, 5) is 28.5. The SMILES string of the molecule is Cc1cccc(NC(=O)CN2C(=O)[C@H](C)CSc3ccc(S(=O)(=O)N4CCOCC4)cc32)c1C. The Hall–Kier alpha value is -2.40. The Kier molecular flexibility index (Phi) is 7.32. The van der Waals surface area contributed by atoms with Crippen LogP contribution >= 0.6 is 11.8 Å². The molecular weight excluding hydrogens is 474 g/mol. The van der Waals surface area contributed by atoms with Crippen molar-refractivity contribution in [2.75, 3.05) is 48.8 Å². The number of rotatable bonds is 5. The molecule has 0 radical (unpaired) electrons. The van der Waals surface area contributed by atoms with E-state index in [0.717, 1.165) is 16.0 Å². The van der Waals surface area contributed by atoms with Gasteiger partial charge in [0.1, 0.15) is 6.54 Å². The van der Waals surface area contributed by atoms with E-state index in [1.807, 2.05) is 39.0 Å². The van der Waals surface area contributed by atoms with Crippen molar-refractivity contribution in [1.82, 2.24) is 4.31 Å². The lowest BCUT2D eigenvalue weighted by Gasteiger charge is -2.27. The molecule has 2 aromatic carbocycles. The summed E-state index contributed by atoms with van der Waals surface area (Å²) in [7, 11) is -3.74. The number of amides is 2. The minimum Gasteiger partial charge on any atom is -0.379 e. The molecule has 182 valence electrons. The lowest BCUT2D eigenvalue weighted by Crippen LogP contribution is -2.42. The average Bonchev–Trinajstić information content (AvgIpc) is 2.94. The lowest BCUT2D eigenvalue weighted by atomic mass is 10.1. The smallest absolute Gasteiger partial charge is 0.244 e. The second kappa shape index (κ2) is 10.1. The number of hydrogen-bond donors (Lipinski definition) is 1. The first kappa shape index (κ1) is 24.7. The third kappa shape index (κ3) is 5.00. The molecule has 8 nitrogen and oxygen atoms in total. The fourth-order valence-electron chi connectivity index (χ4n) is 3.98. The number of nitrogens with one attached hydrogen (secondary N) is 1. The minimum atomic E-state index is -3.74. The van der Waals surface area contributed by atoms with Crippen LogP contribution in [0.3, 0.4) is 0 Å². The second-order valence-corrected chi connectivity index (χ2v) is 11.6. The molecule has 0 unspecified atom stereocenters. The largest absolute Gasteiger partial charge is 0.379 e. The van der Waals surface area contributed by atoms with E-state index in [-0.39, 0.29) is 42.3 Å². The van der Waals surface area contributed by atoms with Crippen LogP contribution in [0.25, 0.3) is 0 Å². The van der Waals surface area contributed by atoms with Crippen molar-refractivity contribution >= 4 is 45.0 Å². The van der Waals surface area contributed by atoms with Crippen LogP contribution in [0.2, 0.25) is 0 Å². The molecule has 1 saturated heterocycles. The van der Waals surface area contributed by atoms with Crippen LogP contribution in [0, 0.1) is 19.8 Å². The highest BCUT2D eigenvalue weighted by atomic mass is 32.2. The summed E-state index contributed by atoms with van der Waals surface area (Å²) in [6.45, 7) is 6.78. The molecule has 1 fully saturated rings. The van der Waals surface area contributed by atoms with E-state index >= 15 is 0 Å². The molecule has 0 saturated carbocycles. The number of carbonyl (C=O) groups excluding carboxylic acids is 2. The van der Waals surface area contributed by atoms with Crippen LogP contribution in [0.5, 0.6) is 0 Å². The Labute approximate surface area is 204 Å². The maximum atomic E-state index is 13.2. The molecule has 2 amide bonds. The van der Waals surface area contributed by atoms with Gasteiger partial charge in [-0.15, -0.1) is 11.8 Å². The molecule has 1 atom stereocenters. The number of aryl methyl sites for hydroxylation is 1. The van der Waals surface area contributed by atoms with Gasteiger partial charge in [-0.1, -0.05) is 19.1 Å². The monoisotopic (exact) mass is 503 g/mol. The summed E-state index contributed by atoms with van der Waals surface area (Å²) >= 11 is 1.49. The number of sulfonamides is 1. The highest BCUT2D eigenvalue weighted by molar-refractivity contribution is 7.99. The van der Waals surface area contributed by atoms with Gasteiger partial charge in [-0.3, -0.25) is 9.59 Å². The molecule has 10 heteroatoms. The molecule has 0 aromatic heterocycles. The number of hydrogen-bond acceptors (Lipinski definition) is 6. The first-order chi connectivity index (χ1) is 16.2. The van der Waals surface area contributed by atoms with Gasteiger partial charge in [0.25, 0.3) is 0 Å². The number of morpholine rings is 1. The van der Waals surface area contributed by atoms with E-state index < -0.39 is 10.0 Å². The lowest BCUT2D eigenvalue weighted by molar-refractivity contribution is -0.123. The summed E-state index contributed by atoms with van der Waals surface area (Å²) in [5.41, 5.74) is 3.15. The molecule has 2 aliphatic rings. The summed E-state index contributed by atoms with van der Waals surface area (Å²) < 4.78 is 33.1. The van der Waals surface area contributed by atoms with Crippen molar-refractivity contribution in [3.05, 3.63) is 47.5 Å². The van der Waals surface area contributed by atoms with Gasteiger partial charge in [-0.05, 0) is 49.2 Å². The molecule has 34 heavy (non-hydrogen) atoms. The molecule has 4 rings (SSSR count). The van der Waals surface area contributed by atoms with Crippen LogP contribution in [0.15, 0.2) is 46.2 Å². The molecule has 1 N–H and O–H groups in total. The summed E-state index contributed by atoms with van der Waals surface area (Å²) in [6, 6.07) is 10.5. The van der Waals surface area contributed by atoms with Gasteiger partial charge in [0, 0.05) is 35.3 Å². The first-order valence-corrected chi connectivity index (χ1v) is 13.6. The molecule has 0 bridgehead atoms. The van der Waals surface area contributed by atoms with Crippen LogP contribution < -0.4 is 10.2 Å². The number of nitrogens with zero attached hydrogens (tertiary/aromatic N) is 2. The predicted molar refractivity (Wildman–Crippen MR) is 133 cm³/mol. The van der Waals surface area contributed by atoms with Gasteiger partial charge < -0.3 is 15.0 Å². The summed E-state index contributed by atoms with van der Waals surface area (Å²) in [6.07, 6.45) is 0. The molecule has 2 heterocycles. The van der Waals surface area contributed by atoms with Crippen molar-refractivity contribution in [2.24, 2.45) is 5.92 Å². The third-order valence-electron chi connectivity index (χ3n) is 6.19. The Bertz CT molecular complexity index is 1210. The number of thioether (sulfide) groups is 1. The van der Waals surface area contributed by atoms with E-state index in [1.165, 1.54) is 27.0 Å². The van der Waals surface area contributed by atoms with Gasteiger partial charge >= 0.3 is 0 Å². The minimum absolute atomic E-state index is 0.107. The molecule has 0 spiro atoms. The zero-order valence-electron chi connectivity index (χ0n) is 19.5. The summed E-state index contributed by atoms with van der Waals surface area (Å²) in [5, 5.41) is 2.90. The zero-order valence-corrected chi connectivity index (χ0v) is 21.2. The van der Waals surface area contributed by atoms with Crippen molar-refractivity contribution < 1.29 is 22.7 Å². The second-order valence-electron chi connectivity index (χ2n) is 8.58. The Morgan fingerprint density at radius 3 is 2.65 bits per heavy atom. The highest BCUT2D eigenvalue weighted by Crippen LogP contribution is 2.38. The highest BCUT2D eigenvalue weighted by Gasteiger charge is 2.32. The molecule has 0 aliphatic carbocycles. The van der Waals surface area contributed by atoms with Gasteiger partial charge in [0.2, 0.25) is 21.8 Å². The number of ether oxygens (including phenoxy) is 1. The Morgan fingerprint density at radius 1 is 1.18 bits per heavy atom. The third-order valence-corrected chi connectivity index (χ3v) is 9.40. The van der Waals surface area contributed by atoms with E-state index in [2.05, 4.69) is 5.32 Å². The van der Waals surface area contributed by atoms with Crippen molar-refractivity contribution in [2.45, 2.75) is 30.6 Å². The van der Waals surface area contributed by atoms with Crippen LogP contribution in [-0.4, -0.2) is 63.1 Å². The number of anilines is 2. The normalized spacial score (nSPS) is 19.4. The number of fused-ring (bicyclic) bond motifs is 1. The Balaban J connectivity index is 1.66. The van der Waals surface area contributed by atoms with Crippen molar-refractivity contribution in [3.8, 4) is 0 Å². The first-order valence-electron chi connectivity index (χ1n) is 11.2. The standard InChI is InChI=1S/C24H29N3O5S2/c1-16-5-4-6-20(18(16)3)25-23(28)14-27-21-13-19(34(30,31)26-9-11-32-12-10-26)7-8-22(21)33-15-17(2)24(27)29/h4-8,13,17H,9-12,14-15H2,1-3H3,(H,25,28)/t17-/m1/s1. The van der Waals surface area contributed by atoms with E-state index in [1.54, 1.807) is 12.1 Å². The Morgan fingerprint density at radius 2 is 1.91 bits per heavy atom. The quantitative estimate of drug-likeness (QED) is 0.674. The maximum Gasteiger partial charge on any atom is 0.244 e.